The van der Waals surface area contributed by atoms with Gasteiger partial charge in [0, 0.05) is 25.5 Å². The van der Waals surface area contributed by atoms with Gasteiger partial charge in [-0.3, -0.25) is 9.98 Å². The summed E-state index contributed by atoms with van der Waals surface area (Å²) in [4.78, 5) is 8.69. The first kappa shape index (κ1) is 17.8. The molecule has 0 fully saturated rings. The summed E-state index contributed by atoms with van der Waals surface area (Å²) in [6.07, 6.45) is 4.54. The molecule has 0 aliphatic heterocycles. The molecule has 0 aliphatic carbocycles. The number of ether oxygens (including phenoxy) is 1. The number of aromatic nitrogens is 1. The molecule has 2 rings (SSSR count). The Labute approximate surface area is 144 Å². The fourth-order valence-electron chi connectivity index (χ4n) is 2.16. The van der Waals surface area contributed by atoms with E-state index in [1.807, 2.05) is 36.5 Å². The number of guanidine groups is 1. The van der Waals surface area contributed by atoms with E-state index in [9.17, 15) is 0 Å². The van der Waals surface area contributed by atoms with Crippen molar-refractivity contribution in [1.29, 1.82) is 0 Å². The first-order valence-corrected chi connectivity index (χ1v) is 8.38. The number of nitrogens with one attached hydrogen (secondary N) is 2. The lowest BCUT2D eigenvalue weighted by molar-refractivity contribution is 0.322. The molecule has 0 aliphatic rings. The van der Waals surface area contributed by atoms with E-state index in [0.29, 0.717) is 13.2 Å². The first-order valence-electron chi connectivity index (χ1n) is 8.38. The number of pyridine rings is 1. The van der Waals surface area contributed by atoms with Crippen LogP contribution in [0.3, 0.4) is 0 Å². The second-order valence-electron chi connectivity index (χ2n) is 5.46. The number of rotatable bonds is 8. The summed E-state index contributed by atoms with van der Waals surface area (Å²) >= 11 is 0. The van der Waals surface area contributed by atoms with Crippen molar-refractivity contribution in [1.82, 2.24) is 15.6 Å². The van der Waals surface area contributed by atoms with Crippen LogP contribution >= 0.6 is 0 Å². The van der Waals surface area contributed by atoms with Crippen molar-refractivity contribution in [3.63, 3.8) is 0 Å². The van der Waals surface area contributed by atoms with Crippen LogP contribution in [0, 0.1) is 6.92 Å². The summed E-state index contributed by atoms with van der Waals surface area (Å²) in [5.74, 6) is 1.70. The lowest BCUT2D eigenvalue weighted by atomic mass is 10.2. The van der Waals surface area contributed by atoms with E-state index in [2.05, 4.69) is 40.5 Å². The number of benzene rings is 1. The summed E-state index contributed by atoms with van der Waals surface area (Å²) < 4.78 is 5.71. The Bertz CT molecular complexity index is 611. The Morgan fingerprint density at radius 1 is 1.17 bits per heavy atom. The van der Waals surface area contributed by atoms with Crippen molar-refractivity contribution in [2.45, 2.75) is 20.3 Å². The standard InChI is InChI=1S/C19H26N4O/c1-3-21-19(22-12-10-17-5-4-11-20-15-17)23-13-14-24-18-8-6-16(2)7-9-18/h4-9,11,15H,3,10,12-14H2,1-2H3,(H2,21,22,23). The van der Waals surface area contributed by atoms with Gasteiger partial charge in [0.15, 0.2) is 5.96 Å². The van der Waals surface area contributed by atoms with Gasteiger partial charge in [-0.2, -0.15) is 0 Å². The van der Waals surface area contributed by atoms with Crippen LogP contribution < -0.4 is 15.4 Å². The number of aryl methyl sites for hydroxylation is 1. The van der Waals surface area contributed by atoms with E-state index in [1.54, 1.807) is 6.20 Å². The highest BCUT2D eigenvalue weighted by molar-refractivity contribution is 5.79. The summed E-state index contributed by atoms with van der Waals surface area (Å²) in [5.41, 5.74) is 2.43. The molecule has 0 bridgehead atoms. The van der Waals surface area contributed by atoms with E-state index in [4.69, 9.17) is 4.74 Å². The van der Waals surface area contributed by atoms with E-state index in [-0.39, 0.29) is 0 Å². The fraction of sp³-hybridized carbons (Fsp3) is 0.368. The van der Waals surface area contributed by atoms with Gasteiger partial charge in [-0.1, -0.05) is 23.8 Å². The average molecular weight is 326 g/mol. The summed E-state index contributed by atoms with van der Waals surface area (Å²) in [6.45, 7) is 6.97. The van der Waals surface area contributed by atoms with Crippen molar-refractivity contribution in [2.75, 3.05) is 26.2 Å². The molecular formula is C19H26N4O. The van der Waals surface area contributed by atoms with Gasteiger partial charge in [-0.15, -0.1) is 0 Å². The van der Waals surface area contributed by atoms with Gasteiger partial charge in [0.1, 0.15) is 12.4 Å². The zero-order valence-corrected chi connectivity index (χ0v) is 14.5. The maximum absolute atomic E-state index is 5.71. The van der Waals surface area contributed by atoms with Crippen molar-refractivity contribution < 1.29 is 4.74 Å². The number of hydrogen-bond acceptors (Lipinski definition) is 3. The second-order valence-corrected chi connectivity index (χ2v) is 5.46. The molecule has 2 aromatic rings. The van der Waals surface area contributed by atoms with E-state index < -0.39 is 0 Å². The molecule has 0 spiro atoms. The van der Waals surface area contributed by atoms with Gasteiger partial charge < -0.3 is 15.4 Å². The second kappa shape index (κ2) is 10.3. The SMILES string of the molecule is CCNC(=NCCc1cccnc1)NCCOc1ccc(C)cc1. The molecule has 1 aromatic carbocycles. The molecule has 128 valence electrons. The first-order chi connectivity index (χ1) is 11.8. The molecule has 5 nitrogen and oxygen atoms in total. The summed E-state index contributed by atoms with van der Waals surface area (Å²) in [5, 5.41) is 6.53. The summed E-state index contributed by atoms with van der Waals surface area (Å²) in [6, 6.07) is 12.1. The van der Waals surface area contributed by atoms with Crippen LogP contribution in [0.25, 0.3) is 0 Å². The molecule has 0 unspecified atom stereocenters. The Kier molecular flexibility index (Phi) is 7.60. The third kappa shape index (κ3) is 6.69. The molecule has 0 saturated heterocycles. The highest BCUT2D eigenvalue weighted by Crippen LogP contribution is 2.10. The van der Waals surface area contributed by atoms with E-state index >= 15 is 0 Å². The lowest BCUT2D eigenvalue weighted by Crippen LogP contribution is -2.39. The molecule has 0 saturated carbocycles. The minimum Gasteiger partial charge on any atom is -0.492 e. The van der Waals surface area contributed by atoms with Crippen molar-refractivity contribution in [3.05, 3.63) is 59.9 Å². The van der Waals surface area contributed by atoms with Crippen LogP contribution in [-0.2, 0) is 6.42 Å². The number of aliphatic imine (C=N–C) groups is 1. The Hall–Kier alpha value is -2.56. The third-order valence-corrected chi connectivity index (χ3v) is 3.42. The van der Waals surface area contributed by atoms with Gasteiger partial charge in [-0.05, 0) is 44.0 Å². The van der Waals surface area contributed by atoms with Gasteiger partial charge >= 0.3 is 0 Å². The highest BCUT2D eigenvalue weighted by Gasteiger charge is 1.98. The minimum atomic E-state index is 0.593. The molecule has 0 amide bonds. The van der Waals surface area contributed by atoms with Gasteiger partial charge in [0.2, 0.25) is 0 Å². The van der Waals surface area contributed by atoms with Crippen LogP contribution in [0.15, 0.2) is 53.8 Å². The maximum Gasteiger partial charge on any atom is 0.191 e. The monoisotopic (exact) mass is 326 g/mol. The number of hydrogen-bond donors (Lipinski definition) is 2. The third-order valence-electron chi connectivity index (χ3n) is 3.42. The van der Waals surface area contributed by atoms with Crippen LogP contribution in [0.4, 0.5) is 0 Å². The molecule has 0 atom stereocenters. The highest BCUT2D eigenvalue weighted by atomic mass is 16.5. The topological polar surface area (TPSA) is 58.5 Å². The maximum atomic E-state index is 5.71. The quantitative estimate of drug-likeness (QED) is 0.445. The van der Waals surface area contributed by atoms with Crippen LogP contribution in [0.5, 0.6) is 5.75 Å². The smallest absolute Gasteiger partial charge is 0.191 e. The van der Waals surface area contributed by atoms with Crippen molar-refractivity contribution in [2.24, 2.45) is 4.99 Å². The van der Waals surface area contributed by atoms with Gasteiger partial charge in [0.25, 0.3) is 0 Å². The van der Waals surface area contributed by atoms with Crippen molar-refractivity contribution >= 4 is 5.96 Å². The molecule has 2 N–H and O–H groups in total. The normalized spacial score (nSPS) is 11.2. The van der Waals surface area contributed by atoms with Crippen LogP contribution in [0.2, 0.25) is 0 Å². The van der Waals surface area contributed by atoms with Gasteiger partial charge in [0.05, 0.1) is 6.54 Å². The minimum absolute atomic E-state index is 0.593. The zero-order valence-electron chi connectivity index (χ0n) is 14.5. The van der Waals surface area contributed by atoms with E-state index in [1.165, 1.54) is 11.1 Å². The van der Waals surface area contributed by atoms with Gasteiger partial charge in [-0.25, -0.2) is 0 Å². The zero-order chi connectivity index (χ0) is 17.0. The molecule has 24 heavy (non-hydrogen) atoms. The summed E-state index contributed by atoms with van der Waals surface area (Å²) in [7, 11) is 0. The van der Waals surface area contributed by atoms with Crippen LogP contribution in [0.1, 0.15) is 18.1 Å². The molecule has 1 aromatic heterocycles. The molecule has 5 heteroatoms. The molecule has 0 radical (unpaired) electrons. The average Bonchev–Trinajstić information content (AvgIpc) is 2.61. The Morgan fingerprint density at radius 2 is 2.00 bits per heavy atom. The Morgan fingerprint density at radius 3 is 2.71 bits per heavy atom. The largest absolute Gasteiger partial charge is 0.492 e. The number of nitrogens with zero attached hydrogens (tertiary/aromatic N) is 2. The predicted molar refractivity (Wildman–Crippen MR) is 98.6 cm³/mol. The van der Waals surface area contributed by atoms with Crippen LogP contribution in [-0.4, -0.2) is 37.2 Å². The fourth-order valence-corrected chi connectivity index (χ4v) is 2.16. The lowest BCUT2D eigenvalue weighted by Gasteiger charge is -2.12. The van der Waals surface area contributed by atoms with Crippen molar-refractivity contribution in [3.8, 4) is 5.75 Å². The molecule has 1 heterocycles. The molecular weight excluding hydrogens is 300 g/mol. The predicted octanol–water partition coefficient (Wildman–Crippen LogP) is 2.57. The van der Waals surface area contributed by atoms with E-state index in [0.717, 1.165) is 31.2 Å². The Balaban J connectivity index is 1.71.